The van der Waals surface area contributed by atoms with E-state index in [1.807, 2.05) is 36.5 Å². The Morgan fingerprint density at radius 1 is 1.23 bits per heavy atom. The number of pyridine rings is 2. The quantitative estimate of drug-likeness (QED) is 0.697. The van der Waals surface area contributed by atoms with Gasteiger partial charge in [-0.05, 0) is 24.3 Å². The maximum Gasteiger partial charge on any atom is 0.0864 e. The number of hydrogen-bond donors (Lipinski definition) is 1. The predicted molar refractivity (Wildman–Crippen MR) is 54.9 cm³/mol. The summed E-state index contributed by atoms with van der Waals surface area (Å²) in [4.78, 5) is 7.31. The molecule has 1 N–H and O–H groups in total. The summed E-state index contributed by atoms with van der Waals surface area (Å²) in [5, 5.41) is 0. The lowest BCUT2D eigenvalue weighted by Gasteiger charge is -1.98. The molecule has 2 nitrogen and oxygen atoms in total. The molecule has 0 aliphatic carbocycles. The monoisotopic (exact) mass is 188 g/mol. The topological polar surface area (TPSA) is 28.7 Å². The lowest BCUT2D eigenvalue weighted by Crippen LogP contribution is -1.84. The van der Waals surface area contributed by atoms with Gasteiger partial charge in [-0.1, -0.05) is 18.3 Å². The highest BCUT2D eigenvalue weighted by atomic mass is 32.1. The third-order valence-electron chi connectivity index (χ3n) is 1.71. The summed E-state index contributed by atoms with van der Waals surface area (Å²) in [5.74, 6) is 0. The Bertz CT molecular complexity index is 448. The number of H-pyrrole nitrogens is 1. The Morgan fingerprint density at radius 2 is 2.15 bits per heavy atom. The van der Waals surface area contributed by atoms with Crippen molar-refractivity contribution >= 4 is 12.2 Å². The molecule has 0 atom stereocenters. The Labute approximate surface area is 81.3 Å². The third kappa shape index (κ3) is 1.81. The van der Waals surface area contributed by atoms with E-state index in [-0.39, 0.29) is 0 Å². The Morgan fingerprint density at radius 3 is 2.85 bits per heavy atom. The molecule has 0 bridgehead atoms. The van der Waals surface area contributed by atoms with E-state index < -0.39 is 0 Å². The summed E-state index contributed by atoms with van der Waals surface area (Å²) in [5.41, 5.74) is 1.86. The molecule has 0 amide bonds. The zero-order valence-electron chi connectivity index (χ0n) is 6.90. The summed E-state index contributed by atoms with van der Waals surface area (Å²) in [7, 11) is 0. The van der Waals surface area contributed by atoms with Gasteiger partial charge in [-0.15, -0.1) is 0 Å². The molecule has 0 aliphatic heterocycles. The first-order valence-electron chi connectivity index (χ1n) is 3.96. The van der Waals surface area contributed by atoms with Crippen molar-refractivity contribution in [3.8, 4) is 11.4 Å². The van der Waals surface area contributed by atoms with Crippen LogP contribution in [0.15, 0.2) is 42.7 Å². The summed E-state index contributed by atoms with van der Waals surface area (Å²) in [6.45, 7) is 0. The second-order valence-corrected chi connectivity index (χ2v) is 3.12. The Hall–Kier alpha value is -1.48. The number of hydrogen-bond acceptors (Lipinski definition) is 2. The van der Waals surface area contributed by atoms with E-state index in [0.29, 0.717) is 0 Å². The third-order valence-corrected chi connectivity index (χ3v) is 1.97. The van der Waals surface area contributed by atoms with Gasteiger partial charge in [0.2, 0.25) is 0 Å². The molecule has 0 saturated heterocycles. The van der Waals surface area contributed by atoms with E-state index in [1.165, 1.54) is 0 Å². The second-order valence-electron chi connectivity index (χ2n) is 2.65. The summed E-state index contributed by atoms with van der Waals surface area (Å²) < 4.78 is 0.819. The average molecular weight is 188 g/mol. The molecule has 2 aromatic heterocycles. The van der Waals surface area contributed by atoms with Gasteiger partial charge in [-0.25, -0.2) is 0 Å². The first-order valence-corrected chi connectivity index (χ1v) is 4.37. The summed E-state index contributed by atoms with van der Waals surface area (Å²) in [6.07, 6.45) is 3.59. The summed E-state index contributed by atoms with van der Waals surface area (Å²) in [6, 6.07) is 9.54. The number of nitrogens with one attached hydrogen (secondary N) is 1. The minimum Gasteiger partial charge on any atom is -0.360 e. The number of nitrogens with zero attached hydrogens (tertiary/aromatic N) is 1. The number of rotatable bonds is 1. The fourth-order valence-corrected chi connectivity index (χ4v) is 1.30. The SMILES string of the molecule is S=c1cc[nH]c(-c2ccccn2)c1. The molecule has 64 valence electrons. The molecule has 0 unspecified atom stereocenters. The van der Waals surface area contributed by atoms with Gasteiger partial charge in [0.1, 0.15) is 0 Å². The highest BCUT2D eigenvalue weighted by Gasteiger charge is 1.95. The van der Waals surface area contributed by atoms with Crippen LogP contribution in [0.3, 0.4) is 0 Å². The van der Waals surface area contributed by atoms with Crippen LogP contribution in [0.25, 0.3) is 11.4 Å². The van der Waals surface area contributed by atoms with Crippen LogP contribution in [-0.2, 0) is 0 Å². The van der Waals surface area contributed by atoms with Gasteiger partial charge >= 0.3 is 0 Å². The van der Waals surface area contributed by atoms with Crippen LogP contribution in [0.5, 0.6) is 0 Å². The minimum atomic E-state index is 0.819. The zero-order valence-corrected chi connectivity index (χ0v) is 7.71. The van der Waals surface area contributed by atoms with E-state index >= 15 is 0 Å². The van der Waals surface area contributed by atoms with Crippen LogP contribution < -0.4 is 0 Å². The van der Waals surface area contributed by atoms with Gasteiger partial charge in [0, 0.05) is 16.9 Å². The van der Waals surface area contributed by atoms with Crippen molar-refractivity contribution in [3.05, 3.63) is 47.2 Å². The molecule has 2 aromatic rings. The van der Waals surface area contributed by atoms with Gasteiger partial charge in [0.15, 0.2) is 0 Å². The van der Waals surface area contributed by atoms with Gasteiger partial charge in [-0.3, -0.25) is 4.98 Å². The van der Waals surface area contributed by atoms with Crippen LogP contribution in [0.4, 0.5) is 0 Å². The largest absolute Gasteiger partial charge is 0.360 e. The molecular formula is C10H8N2S. The summed E-state index contributed by atoms with van der Waals surface area (Å²) >= 11 is 5.05. The van der Waals surface area contributed by atoms with E-state index in [0.717, 1.165) is 15.9 Å². The first-order chi connectivity index (χ1) is 6.36. The van der Waals surface area contributed by atoms with E-state index in [9.17, 15) is 0 Å². The Balaban J connectivity index is 2.54. The molecule has 0 saturated carbocycles. The first kappa shape index (κ1) is 8.13. The Kier molecular flexibility index (Phi) is 2.19. The van der Waals surface area contributed by atoms with E-state index in [2.05, 4.69) is 9.97 Å². The van der Waals surface area contributed by atoms with E-state index in [1.54, 1.807) is 6.20 Å². The molecule has 2 rings (SSSR count). The lowest BCUT2D eigenvalue weighted by atomic mass is 10.2. The van der Waals surface area contributed by atoms with Crippen LogP contribution in [0.1, 0.15) is 0 Å². The van der Waals surface area contributed by atoms with Crippen molar-refractivity contribution in [2.24, 2.45) is 0 Å². The van der Waals surface area contributed by atoms with Crippen molar-refractivity contribution in [2.45, 2.75) is 0 Å². The van der Waals surface area contributed by atoms with Gasteiger partial charge < -0.3 is 4.98 Å². The molecule has 0 spiro atoms. The number of aromatic amines is 1. The smallest absolute Gasteiger partial charge is 0.0864 e. The molecule has 0 aliphatic rings. The molecule has 13 heavy (non-hydrogen) atoms. The molecule has 0 fully saturated rings. The van der Waals surface area contributed by atoms with Crippen LogP contribution in [0, 0.1) is 4.51 Å². The van der Waals surface area contributed by atoms with Crippen molar-refractivity contribution < 1.29 is 0 Å². The fraction of sp³-hybridized carbons (Fsp3) is 0. The van der Waals surface area contributed by atoms with Crippen LogP contribution in [-0.4, -0.2) is 9.97 Å². The minimum absolute atomic E-state index is 0.819. The van der Waals surface area contributed by atoms with Crippen LogP contribution in [0.2, 0.25) is 0 Å². The fourth-order valence-electron chi connectivity index (χ4n) is 1.12. The van der Waals surface area contributed by atoms with Gasteiger partial charge in [-0.2, -0.15) is 0 Å². The van der Waals surface area contributed by atoms with Crippen molar-refractivity contribution in [1.29, 1.82) is 0 Å². The molecular weight excluding hydrogens is 180 g/mol. The van der Waals surface area contributed by atoms with Crippen LogP contribution >= 0.6 is 12.2 Å². The zero-order chi connectivity index (χ0) is 9.10. The van der Waals surface area contributed by atoms with Crippen molar-refractivity contribution in [3.63, 3.8) is 0 Å². The normalized spacial score (nSPS) is 9.85. The molecule has 3 heteroatoms. The molecule has 0 radical (unpaired) electrons. The maximum absolute atomic E-state index is 5.05. The lowest BCUT2D eigenvalue weighted by molar-refractivity contribution is 1.24. The highest BCUT2D eigenvalue weighted by Crippen LogP contribution is 2.12. The van der Waals surface area contributed by atoms with E-state index in [4.69, 9.17) is 12.2 Å². The van der Waals surface area contributed by atoms with Gasteiger partial charge in [0.05, 0.1) is 11.4 Å². The standard InChI is InChI=1S/C10H8N2S/c13-8-4-6-12-10(7-8)9-3-1-2-5-11-9/h1-7H,(H,12,13). The van der Waals surface area contributed by atoms with Crippen molar-refractivity contribution in [2.75, 3.05) is 0 Å². The highest BCUT2D eigenvalue weighted by molar-refractivity contribution is 7.71. The average Bonchev–Trinajstić information content (AvgIpc) is 2.19. The number of aromatic nitrogens is 2. The van der Waals surface area contributed by atoms with Gasteiger partial charge in [0.25, 0.3) is 0 Å². The maximum atomic E-state index is 5.05. The molecule has 2 heterocycles. The molecule has 0 aromatic carbocycles. The predicted octanol–water partition coefficient (Wildman–Crippen LogP) is 2.81. The van der Waals surface area contributed by atoms with Crippen molar-refractivity contribution in [1.82, 2.24) is 9.97 Å². The second kappa shape index (κ2) is 3.49.